The first-order chi connectivity index (χ1) is 13.7. The van der Waals surface area contributed by atoms with Crippen LogP contribution in [-0.4, -0.2) is 24.6 Å². The highest BCUT2D eigenvalue weighted by molar-refractivity contribution is 5.92. The molecule has 0 aliphatic carbocycles. The third-order valence-electron chi connectivity index (χ3n) is 4.08. The van der Waals surface area contributed by atoms with E-state index >= 15 is 0 Å². The van der Waals surface area contributed by atoms with Crippen LogP contribution in [0.5, 0.6) is 11.5 Å². The topological polar surface area (TPSA) is 72.5 Å². The van der Waals surface area contributed by atoms with Gasteiger partial charge in [-0.1, -0.05) is 18.2 Å². The van der Waals surface area contributed by atoms with E-state index in [1.165, 1.54) is 0 Å². The van der Waals surface area contributed by atoms with Crippen molar-refractivity contribution >= 4 is 17.3 Å². The summed E-state index contributed by atoms with van der Waals surface area (Å²) in [4.78, 5) is 16.6. The van der Waals surface area contributed by atoms with E-state index in [0.717, 1.165) is 28.4 Å². The third-order valence-corrected chi connectivity index (χ3v) is 4.08. The third kappa shape index (κ3) is 5.01. The second-order valence-electron chi connectivity index (χ2n) is 6.01. The molecule has 6 nitrogen and oxygen atoms in total. The molecular weight excluding hydrogens is 354 g/mol. The standard InChI is InChI=1S/C22H23N3O3/c1-3-28-19-11-8-17(9-12-19)25-18-10-13-20(23-15-18)22(26)24-14-16-6-4-5-7-21(16)27-2/h4-13,15,25H,3,14H2,1-2H3,(H,24,26). The zero-order valence-electron chi connectivity index (χ0n) is 15.9. The summed E-state index contributed by atoms with van der Waals surface area (Å²) in [5, 5.41) is 6.11. The van der Waals surface area contributed by atoms with E-state index in [-0.39, 0.29) is 5.91 Å². The highest BCUT2D eigenvalue weighted by Crippen LogP contribution is 2.20. The molecule has 2 aromatic carbocycles. The Morgan fingerprint density at radius 2 is 1.75 bits per heavy atom. The van der Waals surface area contributed by atoms with Gasteiger partial charge in [0.05, 0.1) is 25.6 Å². The fraction of sp³-hybridized carbons (Fsp3) is 0.182. The molecule has 0 bridgehead atoms. The van der Waals surface area contributed by atoms with Gasteiger partial charge in [0.1, 0.15) is 17.2 Å². The van der Waals surface area contributed by atoms with Crippen molar-refractivity contribution in [2.75, 3.05) is 19.0 Å². The number of nitrogens with one attached hydrogen (secondary N) is 2. The molecule has 0 atom stereocenters. The van der Waals surface area contributed by atoms with E-state index in [9.17, 15) is 4.79 Å². The van der Waals surface area contributed by atoms with Crippen LogP contribution < -0.4 is 20.1 Å². The molecule has 0 radical (unpaired) electrons. The molecule has 6 heteroatoms. The number of anilines is 2. The van der Waals surface area contributed by atoms with Gasteiger partial charge in [0.25, 0.3) is 5.91 Å². The number of hydrogen-bond acceptors (Lipinski definition) is 5. The lowest BCUT2D eigenvalue weighted by atomic mass is 10.2. The van der Waals surface area contributed by atoms with Crippen molar-refractivity contribution in [1.29, 1.82) is 0 Å². The number of carbonyl (C=O) groups is 1. The van der Waals surface area contributed by atoms with Crippen molar-refractivity contribution < 1.29 is 14.3 Å². The lowest BCUT2D eigenvalue weighted by Crippen LogP contribution is -2.24. The summed E-state index contributed by atoms with van der Waals surface area (Å²) in [5.41, 5.74) is 2.98. The SMILES string of the molecule is CCOc1ccc(Nc2ccc(C(=O)NCc3ccccc3OC)nc2)cc1. The second kappa shape index (κ2) is 9.41. The molecule has 1 amide bonds. The van der Waals surface area contributed by atoms with E-state index in [1.807, 2.05) is 61.5 Å². The first kappa shape index (κ1) is 19.2. The van der Waals surface area contributed by atoms with Crippen LogP contribution in [0.2, 0.25) is 0 Å². The quantitative estimate of drug-likeness (QED) is 0.617. The maximum absolute atomic E-state index is 12.3. The van der Waals surface area contributed by atoms with Crippen LogP contribution in [0, 0.1) is 0 Å². The van der Waals surface area contributed by atoms with Gasteiger partial charge in [-0.2, -0.15) is 0 Å². The largest absolute Gasteiger partial charge is 0.496 e. The van der Waals surface area contributed by atoms with Gasteiger partial charge in [0, 0.05) is 17.8 Å². The molecule has 2 N–H and O–H groups in total. The van der Waals surface area contributed by atoms with Gasteiger partial charge in [-0.05, 0) is 49.4 Å². The van der Waals surface area contributed by atoms with Crippen LogP contribution in [0.3, 0.4) is 0 Å². The zero-order valence-corrected chi connectivity index (χ0v) is 15.9. The van der Waals surface area contributed by atoms with Crippen molar-refractivity contribution in [3.63, 3.8) is 0 Å². The number of benzene rings is 2. The summed E-state index contributed by atoms with van der Waals surface area (Å²) in [5.74, 6) is 1.33. The molecule has 3 rings (SSSR count). The smallest absolute Gasteiger partial charge is 0.270 e. The number of nitrogens with zero attached hydrogens (tertiary/aromatic N) is 1. The number of carbonyl (C=O) groups excluding carboxylic acids is 1. The van der Waals surface area contributed by atoms with Gasteiger partial charge < -0.3 is 20.1 Å². The van der Waals surface area contributed by atoms with Crippen molar-refractivity contribution in [3.8, 4) is 11.5 Å². The average molecular weight is 377 g/mol. The summed E-state index contributed by atoms with van der Waals surface area (Å²) >= 11 is 0. The Kier molecular flexibility index (Phi) is 6.46. The monoisotopic (exact) mass is 377 g/mol. The van der Waals surface area contributed by atoms with E-state index in [0.29, 0.717) is 18.8 Å². The highest BCUT2D eigenvalue weighted by atomic mass is 16.5. The Balaban J connectivity index is 1.58. The van der Waals surface area contributed by atoms with E-state index in [2.05, 4.69) is 15.6 Å². The van der Waals surface area contributed by atoms with Gasteiger partial charge in [-0.25, -0.2) is 4.98 Å². The Hall–Kier alpha value is -3.54. The van der Waals surface area contributed by atoms with Crippen LogP contribution in [0.25, 0.3) is 0 Å². The van der Waals surface area contributed by atoms with Crippen LogP contribution in [0.4, 0.5) is 11.4 Å². The first-order valence-corrected chi connectivity index (χ1v) is 9.05. The number of amides is 1. The highest BCUT2D eigenvalue weighted by Gasteiger charge is 2.09. The molecule has 1 aromatic heterocycles. The number of methoxy groups -OCH3 is 1. The van der Waals surface area contributed by atoms with Crippen LogP contribution in [-0.2, 0) is 6.54 Å². The molecule has 0 aliphatic rings. The Bertz CT molecular complexity index is 909. The summed E-state index contributed by atoms with van der Waals surface area (Å²) in [6.45, 7) is 2.96. The number of para-hydroxylation sites is 1. The van der Waals surface area contributed by atoms with E-state index in [1.54, 1.807) is 19.4 Å². The minimum atomic E-state index is -0.237. The lowest BCUT2D eigenvalue weighted by Gasteiger charge is -2.10. The molecule has 0 spiro atoms. The molecule has 0 fully saturated rings. The maximum atomic E-state index is 12.3. The minimum absolute atomic E-state index is 0.237. The van der Waals surface area contributed by atoms with Gasteiger partial charge in [0.15, 0.2) is 0 Å². The van der Waals surface area contributed by atoms with Crippen LogP contribution in [0.15, 0.2) is 66.9 Å². The van der Waals surface area contributed by atoms with Gasteiger partial charge in [0.2, 0.25) is 0 Å². The number of pyridine rings is 1. The lowest BCUT2D eigenvalue weighted by molar-refractivity contribution is 0.0945. The minimum Gasteiger partial charge on any atom is -0.496 e. The molecule has 3 aromatic rings. The number of ether oxygens (including phenoxy) is 2. The normalized spacial score (nSPS) is 10.2. The van der Waals surface area contributed by atoms with Crippen molar-refractivity contribution in [2.45, 2.75) is 13.5 Å². The molecule has 28 heavy (non-hydrogen) atoms. The summed E-state index contributed by atoms with van der Waals surface area (Å²) < 4.78 is 10.7. The van der Waals surface area contributed by atoms with Crippen molar-refractivity contribution in [3.05, 3.63) is 78.1 Å². The number of aromatic nitrogens is 1. The van der Waals surface area contributed by atoms with E-state index in [4.69, 9.17) is 9.47 Å². The zero-order chi connectivity index (χ0) is 19.8. The van der Waals surface area contributed by atoms with Gasteiger partial charge in [-0.15, -0.1) is 0 Å². The molecule has 1 heterocycles. The molecular formula is C22H23N3O3. The maximum Gasteiger partial charge on any atom is 0.270 e. The van der Waals surface area contributed by atoms with Crippen molar-refractivity contribution in [1.82, 2.24) is 10.3 Å². The summed E-state index contributed by atoms with van der Waals surface area (Å²) in [7, 11) is 1.61. The molecule has 0 saturated heterocycles. The number of rotatable bonds is 8. The summed E-state index contributed by atoms with van der Waals surface area (Å²) in [6, 6.07) is 18.7. The van der Waals surface area contributed by atoms with Crippen LogP contribution >= 0.6 is 0 Å². The Morgan fingerprint density at radius 3 is 2.43 bits per heavy atom. The van der Waals surface area contributed by atoms with E-state index < -0.39 is 0 Å². The predicted molar refractivity (Wildman–Crippen MR) is 109 cm³/mol. The average Bonchev–Trinajstić information content (AvgIpc) is 2.74. The summed E-state index contributed by atoms with van der Waals surface area (Å²) in [6.07, 6.45) is 1.63. The van der Waals surface area contributed by atoms with Crippen LogP contribution in [0.1, 0.15) is 23.0 Å². The first-order valence-electron chi connectivity index (χ1n) is 9.05. The Labute approximate surface area is 164 Å². The van der Waals surface area contributed by atoms with Gasteiger partial charge >= 0.3 is 0 Å². The van der Waals surface area contributed by atoms with Crippen molar-refractivity contribution in [2.24, 2.45) is 0 Å². The second-order valence-corrected chi connectivity index (χ2v) is 6.01. The fourth-order valence-corrected chi connectivity index (χ4v) is 2.69. The molecule has 0 unspecified atom stereocenters. The predicted octanol–water partition coefficient (Wildman–Crippen LogP) is 4.16. The number of hydrogen-bond donors (Lipinski definition) is 2. The fourth-order valence-electron chi connectivity index (χ4n) is 2.69. The molecule has 0 aliphatic heterocycles. The Morgan fingerprint density at radius 1 is 1.00 bits per heavy atom. The molecule has 0 saturated carbocycles. The molecule has 144 valence electrons. The van der Waals surface area contributed by atoms with Gasteiger partial charge in [-0.3, -0.25) is 4.79 Å².